The molecule has 0 saturated heterocycles. The zero-order valence-electron chi connectivity index (χ0n) is 30.0. The number of amides is 3. The van der Waals surface area contributed by atoms with Crippen molar-refractivity contribution in [1.29, 1.82) is 0 Å². The maximum Gasteiger partial charge on any atom is 0.410 e. The highest BCUT2D eigenvalue weighted by Gasteiger charge is 2.34. The number of aliphatic hydroxyl groups excluding tert-OH is 2. The van der Waals surface area contributed by atoms with Crippen molar-refractivity contribution in [2.75, 3.05) is 20.1 Å². The highest BCUT2D eigenvalue weighted by Crippen LogP contribution is 2.18. The predicted molar refractivity (Wildman–Crippen MR) is 191 cm³/mol. The Balaban J connectivity index is 1.76. The van der Waals surface area contributed by atoms with Crippen LogP contribution in [0.5, 0.6) is 0 Å². The van der Waals surface area contributed by atoms with Crippen molar-refractivity contribution in [3.63, 3.8) is 0 Å². The van der Waals surface area contributed by atoms with Gasteiger partial charge in [-0.1, -0.05) is 105 Å². The first-order valence-corrected chi connectivity index (χ1v) is 17.1. The summed E-state index contributed by atoms with van der Waals surface area (Å²) in [5.41, 5.74) is 1.78. The summed E-state index contributed by atoms with van der Waals surface area (Å²) in [6.45, 7) is 8.83. The van der Waals surface area contributed by atoms with E-state index < -0.39 is 59.9 Å². The van der Waals surface area contributed by atoms with Crippen molar-refractivity contribution in [1.82, 2.24) is 20.4 Å². The van der Waals surface area contributed by atoms with Gasteiger partial charge in [0.2, 0.25) is 5.91 Å². The number of likely N-dealkylation sites (N-methyl/N-ethyl adjacent to an activating group) is 1. The van der Waals surface area contributed by atoms with Crippen molar-refractivity contribution in [3.05, 3.63) is 108 Å². The number of ether oxygens (including phenoxy) is 1. The van der Waals surface area contributed by atoms with Gasteiger partial charge in [0.25, 0.3) is 0 Å². The Labute approximate surface area is 296 Å². The van der Waals surface area contributed by atoms with Crippen molar-refractivity contribution in [2.45, 2.75) is 89.9 Å². The Kier molecular flexibility index (Phi) is 15.3. The maximum atomic E-state index is 13.8. The molecule has 0 bridgehead atoms. The molecule has 0 saturated carbocycles. The van der Waals surface area contributed by atoms with Crippen LogP contribution in [0.2, 0.25) is 0 Å². The van der Waals surface area contributed by atoms with Gasteiger partial charge in [-0.05, 0) is 56.2 Å². The number of carboxylic acid groups (broad SMARTS) is 1. The van der Waals surface area contributed by atoms with Gasteiger partial charge in [-0.2, -0.15) is 0 Å². The van der Waals surface area contributed by atoms with Crippen LogP contribution < -0.4 is 15.7 Å². The Morgan fingerprint density at radius 2 is 1.26 bits per heavy atom. The molecule has 0 radical (unpaired) electrons. The third-order valence-electron chi connectivity index (χ3n) is 8.37. The summed E-state index contributed by atoms with van der Waals surface area (Å²) < 4.78 is 5.57. The molecule has 0 spiro atoms. The van der Waals surface area contributed by atoms with Crippen molar-refractivity contribution >= 4 is 18.1 Å². The zero-order valence-corrected chi connectivity index (χ0v) is 30.0. The average molecular weight is 690 g/mol. The van der Waals surface area contributed by atoms with Gasteiger partial charge in [-0.3, -0.25) is 4.79 Å². The number of carbonyl (C=O) groups excluding carboxylic acids is 3. The molecule has 3 rings (SSSR count). The lowest BCUT2D eigenvalue weighted by molar-refractivity contribution is -0.269. The number of hydrogen-bond donors (Lipinski definition) is 4. The number of carbonyl (C=O) groups is 3. The highest BCUT2D eigenvalue weighted by atomic mass is 16.6. The molecule has 4 N–H and O–H groups in total. The summed E-state index contributed by atoms with van der Waals surface area (Å²) in [6.07, 6.45) is -3.57. The van der Waals surface area contributed by atoms with E-state index in [1.807, 2.05) is 66.7 Å². The van der Waals surface area contributed by atoms with E-state index in [9.17, 15) is 29.7 Å². The molecule has 11 heteroatoms. The number of nitrogens with zero attached hydrogens (tertiary/aromatic N) is 2. The molecule has 5 atom stereocenters. The first-order chi connectivity index (χ1) is 23.7. The van der Waals surface area contributed by atoms with E-state index in [-0.39, 0.29) is 26.1 Å². The molecule has 3 aromatic rings. The molecule has 272 valence electrons. The lowest BCUT2D eigenvalue weighted by Gasteiger charge is -2.37. The topological polar surface area (TPSA) is 154 Å². The van der Waals surface area contributed by atoms with Gasteiger partial charge in [-0.25, -0.2) is 4.79 Å². The molecule has 0 unspecified atom stereocenters. The van der Waals surface area contributed by atoms with Gasteiger partial charge in [0.05, 0.1) is 24.3 Å². The van der Waals surface area contributed by atoms with Crippen molar-refractivity contribution in [2.24, 2.45) is 5.92 Å². The predicted octanol–water partition coefficient (Wildman–Crippen LogP) is 3.37. The molecule has 0 aromatic heterocycles. The van der Waals surface area contributed by atoms with Gasteiger partial charge >= 0.3 is 6.09 Å². The number of nitrogens with one attached hydrogen (secondary N) is 2. The van der Waals surface area contributed by atoms with Crippen LogP contribution in [0.15, 0.2) is 91.0 Å². The molecular weight excluding hydrogens is 636 g/mol. The fourth-order valence-corrected chi connectivity index (χ4v) is 5.79. The van der Waals surface area contributed by atoms with Crippen LogP contribution in [-0.4, -0.2) is 94.2 Å². The van der Waals surface area contributed by atoms with Gasteiger partial charge in [0.15, 0.2) is 0 Å². The molecule has 3 aromatic carbocycles. The fourth-order valence-electron chi connectivity index (χ4n) is 5.79. The first-order valence-electron chi connectivity index (χ1n) is 17.1. The number of hydrogen-bond acceptors (Lipinski definition) is 8. The quantitative estimate of drug-likeness (QED) is 0.168. The van der Waals surface area contributed by atoms with Crippen LogP contribution in [0.3, 0.4) is 0 Å². The Morgan fingerprint density at radius 3 is 1.74 bits per heavy atom. The largest absolute Gasteiger partial charge is 0.530 e. The Morgan fingerprint density at radius 1 is 0.780 bits per heavy atom. The van der Waals surface area contributed by atoms with E-state index >= 15 is 0 Å². The van der Waals surface area contributed by atoms with Crippen LogP contribution in [0.1, 0.15) is 51.3 Å². The SMILES string of the molecule is CC(C)[C@@H](C(=O)N[C@@H](Cc1ccccc1)[C@H](O)CNC[C@@H](O)[C@H](Cc1ccccc1)N(C)C(=O)OC(C)(C)C)N(Cc1ccccc1)C(=O)[O-]. The van der Waals surface area contributed by atoms with E-state index in [0.29, 0.717) is 12.0 Å². The molecular formula is C39H53N4O7-. The average Bonchev–Trinajstić information content (AvgIpc) is 3.06. The summed E-state index contributed by atoms with van der Waals surface area (Å²) in [5.74, 6) is -0.954. The van der Waals surface area contributed by atoms with Gasteiger partial charge < -0.3 is 45.3 Å². The van der Waals surface area contributed by atoms with E-state index in [1.165, 1.54) is 4.90 Å². The fraction of sp³-hybridized carbons (Fsp3) is 0.462. The maximum absolute atomic E-state index is 13.8. The second kappa shape index (κ2) is 19.1. The monoisotopic (exact) mass is 689 g/mol. The van der Waals surface area contributed by atoms with Crippen molar-refractivity contribution < 1.29 is 34.4 Å². The van der Waals surface area contributed by atoms with Gasteiger partial charge in [0, 0.05) is 26.7 Å². The number of rotatable bonds is 17. The van der Waals surface area contributed by atoms with Gasteiger partial charge in [-0.15, -0.1) is 0 Å². The lowest BCUT2D eigenvalue weighted by Crippen LogP contribution is -2.59. The smallest absolute Gasteiger partial charge is 0.410 e. The second-order valence-electron chi connectivity index (χ2n) is 14.0. The number of benzene rings is 3. The second-order valence-corrected chi connectivity index (χ2v) is 14.0. The van der Waals surface area contributed by atoms with Crippen LogP contribution in [-0.2, 0) is 28.9 Å². The Hall–Kier alpha value is -4.45. The summed E-state index contributed by atoms with van der Waals surface area (Å²) in [4.78, 5) is 41.6. The lowest BCUT2D eigenvalue weighted by atomic mass is 9.97. The third kappa shape index (κ3) is 12.8. The van der Waals surface area contributed by atoms with E-state index in [0.717, 1.165) is 16.0 Å². The molecule has 50 heavy (non-hydrogen) atoms. The van der Waals surface area contributed by atoms with E-state index in [4.69, 9.17) is 4.74 Å². The standard InChI is InChI=1S/C39H54N4O7/c1-27(2)35(43(37(47)48)26-30-20-14-9-15-21-30)36(46)41-31(22-28-16-10-7-11-17-28)33(44)24-40-25-34(45)32(23-29-18-12-8-13-19-29)42(6)38(49)50-39(3,4)5/h7-21,27,31-35,40,44-45H,22-26H2,1-6H3,(H,41,46)(H,47,48)/p-1/t31-,32-,33+,34+,35-/m0/s1. The summed E-state index contributed by atoms with van der Waals surface area (Å²) in [5, 5.41) is 41.2. The van der Waals surface area contributed by atoms with E-state index in [1.54, 1.807) is 65.9 Å². The molecule has 0 aliphatic carbocycles. The molecule has 0 heterocycles. The summed E-state index contributed by atoms with van der Waals surface area (Å²) in [7, 11) is 1.59. The molecule has 0 aliphatic rings. The zero-order chi connectivity index (χ0) is 36.8. The molecule has 0 fully saturated rings. The molecule has 0 aliphatic heterocycles. The summed E-state index contributed by atoms with van der Waals surface area (Å²) in [6, 6.07) is 25.3. The minimum Gasteiger partial charge on any atom is -0.530 e. The van der Waals surface area contributed by atoms with Crippen LogP contribution in [0, 0.1) is 5.92 Å². The normalized spacial score (nSPS) is 14.6. The van der Waals surface area contributed by atoms with Gasteiger partial charge in [0.1, 0.15) is 17.7 Å². The first kappa shape index (κ1) is 40.0. The molecule has 3 amide bonds. The number of aliphatic hydroxyl groups is 2. The van der Waals surface area contributed by atoms with Crippen LogP contribution in [0.4, 0.5) is 9.59 Å². The Bertz CT molecular complexity index is 1470. The van der Waals surface area contributed by atoms with Crippen molar-refractivity contribution in [3.8, 4) is 0 Å². The summed E-state index contributed by atoms with van der Waals surface area (Å²) >= 11 is 0. The molecule has 11 nitrogen and oxygen atoms in total. The van der Waals surface area contributed by atoms with E-state index in [2.05, 4.69) is 10.6 Å². The minimum atomic E-state index is -1.47. The highest BCUT2D eigenvalue weighted by molar-refractivity contribution is 5.85. The minimum absolute atomic E-state index is 0.0103. The van der Waals surface area contributed by atoms with Crippen LogP contribution in [0.25, 0.3) is 0 Å². The third-order valence-corrected chi connectivity index (χ3v) is 8.37. The van der Waals surface area contributed by atoms with Crippen LogP contribution >= 0.6 is 0 Å².